The number of rotatable bonds is 18. The minimum Gasteiger partial charge on any atom is -0.550 e. The van der Waals surface area contributed by atoms with Gasteiger partial charge in [-0.25, -0.2) is 0 Å². The monoisotopic (exact) mass is 869 g/mol. The predicted molar refractivity (Wildman–Crippen MR) is 181 cm³/mol. The van der Waals surface area contributed by atoms with Gasteiger partial charge in [0.25, 0.3) is 0 Å². The molecule has 0 aromatic heterocycles. The van der Waals surface area contributed by atoms with E-state index in [1.807, 2.05) is 35.5 Å². The quantitative estimate of drug-likeness (QED) is 0.112. The van der Waals surface area contributed by atoms with E-state index < -0.39 is 17.9 Å². The summed E-state index contributed by atoms with van der Waals surface area (Å²) in [4.78, 5) is 61.4. The molecule has 3 atom stereocenters. The van der Waals surface area contributed by atoms with E-state index in [9.17, 15) is 39.3 Å². The number of aliphatic carboxylic acids is 3. The number of allylic oxidation sites excluding steroid dienone is 1. The Balaban J connectivity index is 0.000000637. The predicted octanol–water partition coefficient (Wildman–Crippen LogP) is 1.66. The van der Waals surface area contributed by atoms with E-state index in [-0.39, 0.29) is 55.5 Å². The van der Waals surface area contributed by atoms with Crippen LogP contribution in [0.5, 0.6) is 0 Å². The van der Waals surface area contributed by atoms with Crippen molar-refractivity contribution in [2.75, 3.05) is 39.3 Å². The van der Waals surface area contributed by atoms with Crippen molar-refractivity contribution in [2.45, 2.75) is 119 Å². The average Bonchev–Trinajstić information content (AvgIpc) is 3.88. The van der Waals surface area contributed by atoms with Crippen molar-refractivity contribution in [3.05, 3.63) is 23.2 Å². The Morgan fingerprint density at radius 1 is 0.583 bits per heavy atom. The zero-order chi connectivity index (χ0) is 35.5. The molecule has 0 bridgehead atoms. The second-order valence-electron chi connectivity index (χ2n) is 12.6. The topological polar surface area (TPSA) is 164 Å². The number of carbonyl (C=O) groups is 5. The molecule has 3 aliphatic heterocycles. The number of Topliss-reactive ketones (excluding diaryl/α,β-unsaturated/α-hetero) is 1. The Kier molecular flexibility index (Phi) is 23.3. The summed E-state index contributed by atoms with van der Waals surface area (Å²) in [6.07, 6.45) is 12.1. The van der Waals surface area contributed by atoms with Gasteiger partial charge in [0, 0.05) is 63.3 Å². The van der Waals surface area contributed by atoms with Gasteiger partial charge in [-0.15, -0.1) is 0 Å². The molecule has 3 heterocycles. The Labute approximate surface area is 307 Å². The van der Waals surface area contributed by atoms with Crippen LogP contribution in [0.25, 0.3) is 0 Å². The van der Waals surface area contributed by atoms with E-state index in [0.717, 1.165) is 97.1 Å². The van der Waals surface area contributed by atoms with Crippen LogP contribution >= 0.6 is 0 Å². The van der Waals surface area contributed by atoms with Crippen LogP contribution in [0.2, 0.25) is 0 Å². The first-order valence-electron chi connectivity index (χ1n) is 17.8. The molecule has 0 spiro atoms. The molecule has 3 saturated heterocycles. The largest absolute Gasteiger partial charge is 3.00 e. The molecule has 0 saturated carbocycles. The van der Waals surface area contributed by atoms with E-state index in [0.29, 0.717) is 36.4 Å². The van der Waals surface area contributed by atoms with Crippen LogP contribution in [0, 0.1) is 17.8 Å². The Morgan fingerprint density at radius 2 is 0.896 bits per heavy atom. The van der Waals surface area contributed by atoms with Crippen LogP contribution in [0.1, 0.15) is 119 Å². The SMILES string of the molecule is CCCCC(CC)C(=O)[O-].CCCCC(CC)C(=O)[O-].CCCCC(CC)C(=O)[O-].O=C1C=C(N2CC2)C(=O)C(N2CC2)=C1N1CC1.[Bi+3]. The summed E-state index contributed by atoms with van der Waals surface area (Å²) in [5, 5.41) is 31.0. The number of ketones is 2. The van der Waals surface area contributed by atoms with Gasteiger partial charge in [0.1, 0.15) is 11.4 Å². The second kappa shape index (κ2) is 24.6. The first-order chi connectivity index (χ1) is 22.4. The van der Waals surface area contributed by atoms with Crippen LogP contribution in [0.4, 0.5) is 0 Å². The molecule has 3 unspecified atom stereocenters. The number of hydrogen-bond donors (Lipinski definition) is 0. The third-order valence-electron chi connectivity index (χ3n) is 8.68. The fourth-order valence-electron chi connectivity index (χ4n) is 5.09. The first-order valence-corrected chi connectivity index (χ1v) is 17.8. The molecule has 4 aliphatic rings. The van der Waals surface area contributed by atoms with Crippen LogP contribution in [0.3, 0.4) is 0 Å². The molecule has 2 radical (unpaired) electrons. The van der Waals surface area contributed by atoms with E-state index in [2.05, 4.69) is 20.8 Å². The van der Waals surface area contributed by atoms with Crippen molar-refractivity contribution in [3.63, 3.8) is 0 Å². The van der Waals surface area contributed by atoms with Crippen LogP contribution < -0.4 is 15.3 Å². The maximum absolute atomic E-state index is 12.4. The Hall–Kier alpha value is -2.49. The summed E-state index contributed by atoms with van der Waals surface area (Å²) in [5.74, 6) is -3.30. The van der Waals surface area contributed by atoms with Gasteiger partial charge in [0.2, 0.25) is 11.6 Å². The molecule has 1 aliphatic carbocycles. The molecule has 11 nitrogen and oxygen atoms in total. The summed E-state index contributed by atoms with van der Waals surface area (Å²) in [5.41, 5.74) is 1.89. The minimum atomic E-state index is -0.893. The van der Waals surface area contributed by atoms with Gasteiger partial charge in [-0.2, -0.15) is 0 Å². The minimum absolute atomic E-state index is 0. The molecule has 12 heteroatoms. The second-order valence-corrected chi connectivity index (χ2v) is 12.6. The molecule has 0 amide bonds. The number of unbranched alkanes of at least 4 members (excludes halogenated alkanes) is 3. The number of hydrogen-bond acceptors (Lipinski definition) is 11. The molecular weight excluding hydrogens is 811 g/mol. The summed E-state index contributed by atoms with van der Waals surface area (Å²) in [6, 6.07) is 0. The summed E-state index contributed by atoms with van der Waals surface area (Å²) < 4.78 is 0. The van der Waals surface area contributed by atoms with Gasteiger partial charge in [0.05, 0.1) is 5.70 Å². The Bertz CT molecular complexity index is 1030. The van der Waals surface area contributed by atoms with E-state index >= 15 is 0 Å². The van der Waals surface area contributed by atoms with Crippen LogP contribution in [0.15, 0.2) is 23.2 Å². The molecular formula is C36H58BiN3O8. The first kappa shape index (κ1) is 45.5. The third-order valence-corrected chi connectivity index (χ3v) is 8.68. The van der Waals surface area contributed by atoms with Crippen molar-refractivity contribution >= 4 is 55.7 Å². The molecule has 4 rings (SSSR count). The summed E-state index contributed by atoms with van der Waals surface area (Å²) >= 11 is 0. The molecule has 0 aromatic carbocycles. The van der Waals surface area contributed by atoms with Gasteiger partial charge in [-0.1, -0.05) is 80.1 Å². The fraction of sp³-hybridized carbons (Fsp3) is 0.750. The number of nitrogens with zero attached hydrogens (tertiary/aromatic N) is 3. The van der Waals surface area contributed by atoms with E-state index in [1.54, 1.807) is 0 Å². The van der Waals surface area contributed by atoms with Crippen LogP contribution in [-0.4, -0.2) is 110 Å². The van der Waals surface area contributed by atoms with Crippen molar-refractivity contribution < 1.29 is 39.3 Å². The number of carboxylic acid groups (broad SMARTS) is 3. The molecule has 0 N–H and O–H groups in total. The smallest absolute Gasteiger partial charge is 0.550 e. The third kappa shape index (κ3) is 16.8. The van der Waals surface area contributed by atoms with Crippen molar-refractivity contribution in [1.82, 2.24) is 14.7 Å². The van der Waals surface area contributed by atoms with Crippen LogP contribution in [-0.2, 0) is 24.0 Å². The normalized spacial score (nSPS) is 17.5. The molecule has 3 fully saturated rings. The zero-order valence-corrected chi connectivity index (χ0v) is 33.6. The van der Waals surface area contributed by atoms with Gasteiger partial charge in [0.15, 0.2) is 0 Å². The van der Waals surface area contributed by atoms with Gasteiger partial charge in [-0.3, -0.25) is 9.59 Å². The number of carbonyl (C=O) groups excluding carboxylic acids is 5. The number of carboxylic acids is 3. The van der Waals surface area contributed by atoms with Crippen molar-refractivity contribution in [2.24, 2.45) is 17.8 Å². The van der Waals surface area contributed by atoms with E-state index in [1.165, 1.54) is 6.08 Å². The average molecular weight is 870 g/mol. The zero-order valence-electron chi connectivity index (χ0n) is 30.1. The maximum Gasteiger partial charge on any atom is 3.00 e. The van der Waals surface area contributed by atoms with E-state index in [4.69, 9.17) is 0 Å². The Morgan fingerprint density at radius 3 is 1.15 bits per heavy atom. The van der Waals surface area contributed by atoms with Crippen molar-refractivity contribution in [1.29, 1.82) is 0 Å². The van der Waals surface area contributed by atoms with Gasteiger partial charge >= 0.3 is 26.2 Å². The fourth-order valence-corrected chi connectivity index (χ4v) is 5.09. The van der Waals surface area contributed by atoms with Gasteiger partial charge in [-0.05, 0) is 56.3 Å². The van der Waals surface area contributed by atoms with Gasteiger partial charge < -0.3 is 44.4 Å². The standard InChI is InChI=1S/C12H13N3O2.3C8H16O2.Bi/c16-9-7-8(13-1-2-13)12(17)11(15-5-6-15)10(9)14-3-4-14;3*1-3-5-6-7(4-2)8(9)10;/h7H,1-6H2;3*7H,3-6H2,1-2H3,(H,9,10);/q;;;;+3/p-3. The maximum atomic E-state index is 12.4. The molecule has 270 valence electrons. The van der Waals surface area contributed by atoms with Crippen molar-refractivity contribution in [3.8, 4) is 0 Å². The molecule has 48 heavy (non-hydrogen) atoms. The molecule has 0 aromatic rings. The summed E-state index contributed by atoms with van der Waals surface area (Å²) in [6.45, 7) is 17.2. The summed E-state index contributed by atoms with van der Waals surface area (Å²) in [7, 11) is 0.